The van der Waals surface area contributed by atoms with E-state index in [0.29, 0.717) is 0 Å². The number of likely N-dealkylation sites (N-methyl/N-ethyl adjacent to an activating group) is 1. The standard InChI is InChI=1S/C14H17BrN2O2/c1-17(7-13(16)19)9-14(4-5-14)12-6-11(15)3-2-10(12)8-18/h2-3,6,8H,4-5,7,9H2,1H3,(H2,16,19). The summed E-state index contributed by atoms with van der Waals surface area (Å²) in [6.45, 7) is 0.986. The second-order valence-corrected chi connectivity index (χ2v) is 6.18. The molecule has 5 heteroatoms. The number of hydrogen-bond acceptors (Lipinski definition) is 3. The Morgan fingerprint density at radius 2 is 2.21 bits per heavy atom. The first-order chi connectivity index (χ1) is 8.97. The smallest absolute Gasteiger partial charge is 0.231 e. The minimum absolute atomic E-state index is 0.00970. The molecule has 0 spiro atoms. The summed E-state index contributed by atoms with van der Waals surface area (Å²) in [4.78, 5) is 24.0. The van der Waals surface area contributed by atoms with Crippen molar-refractivity contribution in [2.24, 2.45) is 5.73 Å². The van der Waals surface area contributed by atoms with Gasteiger partial charge in [-0.05, 0) is 37.6 Å². The van der Waals surface area contributed by atoms with Crippen molar-refractivity contribution in [3.8, 4) is 0 Å². The van der Waals surface area contributed by atoms with Gasteiger partial charge >= 0.3 is 0 Å². The minimum atomic E-state index is -0.330. The van der Waals surface area contributed by atoms with E-state index in [1.807, 2.05) is 30.1 Å². The van der Waals surface area contributed by atoms with Crippen LogP contribution >= 0.6 is 15.9 Å². The summed E-state index contributed by atoms with van der Waals surface area (Å²) in [6.07, 6.45) is 2.97. The van der Waals surface area contributed by atoms with Gasteiger partial charge in [0.2, 0.25) is 5.91 Å². The number of hydrogen-bond donors (Lipinski definition) is 1. The number of nitrogens with two attached hydrogens (primary N) is 1. The third-order valence-corrected chi connectivity index (χ3v) is 4.06. The third kappa shape index (κ3) is 3.22. The molecule has 1 aliphatic rings. The van der Waals surface area contributed by atoms with Gasteiger partial charge in [0.25, 0.3) is 0 Å². The number of rotatable bonds is 6. The summed E-state index contributed by atoms with van der Waals surface area (Å²) in [7, 11) is 1.88. The zero-order valence-corrected chi connectivity index (χ0v) is 12.4. The van der Waals surface area contributed by atoms with Crippen LogP contribution in [0, 0.1) is 0 Å². The average molecular weight is 325 g/mol. The molecule has 4 nitrogen and oxygen atoms in total. The molecule has 0 aliphatic heterocycles. The van der Waals surface area contributed by atoms with Crippen LogP contribution in [0.2, 0.25) is 0 Å². The summed E-state index contributed by atoms with van der Waals surface area (Å²) in [5.74, 6) is -0.330. The van der Waals surface area contributed by atoms with Crippen LogP contribution < -0.4 is 5.73 Å². The zero-order chi connectivity index (χ0) is 14.0. The highest BCUT2D eigenvalue weighted by Crippen LogP contribution is 2.50. The normalized spacial score (nSPS) is 16.4. The molecule has 1 aromatic carbocycles. The Morgan fingerprint density at radius 3 is 2.74 bits per heavy atom. The van der Waals surface area contributed by atoms with Crippen LogP contribution in [-0.2, 0) is 10.2 Å². The maximum Gasteiger partial charge on any atom is 0.231 e. The predicted molar refractivity (Wildman–Crippen MR) is 77.1 cm³/mol. The molecule has 102 valence electrons. The highest BCUT2D eigenvalue weighted by molar-refractivity contribution is 9.10. The number of halogens is 1. The van der Waals surface area contributed by atoms with Gasteiger partial charge in [-0.25, -0.2) is 0 Å². The number of benzene rings is 1. The third-order valence-electron chi connectivity index (χ3n) is 3.57. The van der Waals surface area contributed by atoms with E-state index in [4.69, 9.17) is 5.73 Å². The second kappa shape index (κ2) is 5.43. The zero-order valence-electron chi connectivity index (χ0n) is 10.9. The van der Waals surface area contributed by atoms with E-state index in [9.17, 15) is 9.59 Å². The molecule has 0 unspecified atom stereocenters. The number of carbonyl (C=O) groups is 2. The average Bonchev–Trinajstić information content (AvgIpc) is 3.08. The van der Waals surface area contributed by atoms with Gasteiger partial charge in [-0.3, -0.25) is 14.5 Å². The van der Waals surface area contributed by atoms with Crippen LogP contribution in [0.1, 0.15) is 28.8 Å². The number of amides is 1. The molecule has 2 rings (SSSR count). The van der Waals surface area contributed by atoms with Crippen molar-refractivity contribution in [3.05, 3.63) is 33.8 Å². The lowest BCUT2D eigenvalue weighted by molar-refractivity contribution is -0.118. The van der Waals surface area contributed by atoms with E-state index >= 15 is 0 Å². The van der Waals surface area contributed by atoms with Crippen molar-refractivity contribution in [1.82, 2.24) is 4.90 Å². The van der Waals surface area contributed by atoms with E-state index in [1.165, 1.54) is 0 Å². The van der Waals surface area contributed by atoms with Gasteiger partial charge in [-0.1, -0.05) is 22.0 Å². The van der Waals surface area contributed by atoms with Gasteiger partial charge in [0, 0.05) is 22.0 Å². The van der Waals surface area contributed by atoms with E-state index in [2.05, 4.69) is 15.9 Å². The van der Waals surface area contributed by atoms with Crippen molar-refractivity contribution in [3.63, 3.8) is 0 Å². The molecule has 1 saturated carbocycles. The quantitative estimate of drug-likeness (QED) is 0.810. The lowest BCUT2D eigenvalue weighted by Gasteiger charge is -2.24. The fourth-order valence-electron chi connectivity index (χ4n) is 2.59. The van der Waals surface area contributed by atoms with E-state index in [0.717, 1.165) is 41.3 Å². The fraction of sp³-hybridized carbons (Fsp3) is 0.429. The molecular formula is C14H17BrN2O2. The van der Waals surface area contributed by atoms with E-state index < -0.39 is 0 Å². The molecule has 0 atom stereocenters. The first kappa shape index (κ1) is 14.2. The van der Waals surface area contributed by atoms with Gasteiger partial charge in [-0.15, -0.1) is 0 Å². The SMILES string of the molecule is CN(CC(N)=O)CC1(c2cc(Br)ccc2C=O)CC1. The van der Waals surface area contributed by atoms with E-state index in [1.54, 1.807) is 0 Å². The van der Waals surface area contributed by atoms with Gasteiger partial charge in [0.15, 0.2) is 0 Å². The molecule has 0 aromatic heterocycles. The lowest BCUT2D eigenvalue weighted by Crippen LogP contribution is -2.36. The molecule has 0 saturated heterocycles. The summed E-state index contributed by atoms with van der Waals surface area (Å²) < 4.78 is 0.969. The molecule has 1 amide bonds. The summed E-state index contributed by atoms with van der Waals surface area (Å²) >= 11 is 3.45. The molecule has 2 N–H and O–H groups in total. The van der Waals surface area contributed by atoms with Crippen molar-refractivity contribution >= 4 is 28.1 Å². The Kier molecular flexibility index (Phi) is 4.06. The number of primary amides is 1. The first-order valence-electron chi connectivity index (χ1n) is 6.19. The number of aldehydes is 1. The molecule has 19 heavy (non-hydrogen) atoms. The summed E-state index contributed by atoms with van der Waals surface area (Å²) in [5.41, 5.74) is 6.99. The predicted octanol–water partition coefficient (Wildman–Crippen LogP) is 1.71. The monoisotopic (exact) mass is 324 g/mol. The molecule has 0 bridgehead atoms. The van der Waals surface area contributed by atoms with Crippen LogP contribution in [0.15, 0.2) is 22.7 Å². The Hall–Kier alpha value is -1.20. The van der Waals surface area contributed by atoms with Crippen molar-refractivity contribution < 1.29 is 9.59 Å². The maximum atomic E-state index is 11.2. The van der Waals surface area contributed by atoms with Gasteiger partial charge in [0.1, 0.15) is 6.29 Å². The van der Waals surface area contributed by atoms with Crippen LogP contribution in [0.4, 0.5) is 0 Å². The van der Waals surface area contributed by atoms with Crippen LogP contribution in [-0.4, -0.2) is 37.2 Å². The number of nitrogens with zero attached hydrogens (tertiary/aromatic N) is 1. The molecule has 0 heterocycles. The molecule has 1 aromatic rings. The second-order valence-electron chi connectivity index (χ2n) is 5.27. The Morgan fingerprint density at radius 1 is 1.53 bits per heavy atom. The number of carbonyl (C=O) groups excluding carboxylic acids is 2. The van der Waals surface area contributed by atoms with Crippen molar-refractivity contribution in [1.29, 1.82) is 0 Å². The lowest BCUT2D eigenvalue weighted by atomic mass is 9.91. The highest BCUT2D eigenvalue weighted by atomic mass is 79.9. The van der Waals surface area contributed by atoms with Crippen LogP contribution in [0.25, 0.3) is 0 Å². The minimum Gasteiger partial charge on any atom is -0.369 e. The first-order valence-corrected chi connectivity index (χ1v) is 6.98. The van der Waals surface area contributed by atoms with Crippen LogP contribution in [0.5, 0.6) is 0 Å². The fourth-order valence-corrected chi connectivity index (χ4v) is 2.95. The van der Waals surface area contributed by atoms with Gasteiger partial charge in [-0.2, -0.15) is 0 Å². The van der Waals surface area contributed by atoms with Crippen molar-refractivity contribution in [2.45, 2.75) is 18.3 Å². The summed E-state index contributed by atoms with van der Waals surface area (Å²) in [6, 6.07) is 5.71. The largest absolute Gasteiger partial charge is 0.369 e. The molecule has 1 fully saturated rings. The van der Waals surface area contributed by atoms with Gasteiger partial charge in [0.05, 0.1) is 6.54 Å². The van der Waals surface area contributed by atoms with Crippen LogP contribution in [0.3, 0.4) is 0 Å². The Labute approximate surface area is 121 Å². The van der Waals surface area contributed by atoms with Gasteiger partial charge < -0.3 is 5.73 Å². The molecule has 1 aliphatic carbocycles. The molecule has 0 radical (unpaired) electrons. The van der Waals surface area contributed by atoms with E-state index in [-0.39, 0.29) is 17.9 Å². The Bertz CT molecular complexity index is 512. The van der Waals surface area contributed by atoms with Crippen molar-refractivity contribution in [2.75, 3.05) is 20.1 Å². The maximum absolute atomic E-state index is 11.2. The summed E-state index contributed by atoms with van der Waals surface area (Å²) in [5, 5.41) is 0. The topological polar surface area (TPSA) is 63.4 Å². The Balaban J connectivity index is 2.23. The molecular weight excluding hydrogens is 308 g/mol. The highest BCUT2D eigenvalue weighted by Gasteiger charge is 2.46.